The maximum atomic E-state index is 13.0. The first-order valence-corrected chi connectivity index (χ1v) is 10.8. The Hall–Kier alpha value is -4.31. The minimum absolute atomic E-state index is 0.0707. The number of aliphatic hydroxyl groups is 1. The highest BCUT2D eigenvalue weighted by Gasteiger charge is 2.31. The molecule has 16 nitrogen and oxygen atoms in total. The number of nitrogens with one attached hydrogen (secondary N) is 5. The van der Waals surface area contributed by atoms with Crippen LogP contribution in [0.25, 0.3) is 0 Å². The molecule has 0 spiro atoms. The summed E-state index contributed by atoms with van der Waals surface area (Å²) in [6.07, 6.45) is 5.12. The van der Waals surface area contributed by atoms with Crippen LogP contribution in [0.15, 0.2) is 25.0 Å². The molecule has 4 amide bonds. The number of aromatic amines is 2. The van der Waals surface area contributed by atoms with Gasteiger partial charge in [0.15, 0.2) is 0 Å². The van der Waals surface area contributed by atoms with Gasteiger partial charge in [-0.05, 0) is 6.42 Å². The zero-order valence-electron chi connectivity index (χ0n) is 19.1. The average Bonchev–Trinajstić information content (AvgIpc) is 3.54. The van der Waals surface area contributed by atoms with E-state index in [-0.39, 0.29) is 25.7 Å². The van der Waals surface area contributed by atoms with Crippen LogP contribution >= 0.6 is 0 Å². The lowest BCUT2D eigenvalue weighted by molar-refractivity contribution is -0.142. The third-order valence-corrected chi connectivity index (χ3v) is 5.06. The molecule has 2 aromatic heterocycles. The Kier molecular flexibility index (Phi) is 10.5. The van der Waals surface area contributed by atoms with E-state index in [4.69, 9.17) is 11.5 Å². The van der Waals surface area contributed by atoms with Crippen molar-refractivity contribution < 1.29 is 34.2 Å². The van der Waals surface area contributed by atoms with Crippen LogP contribution in [0, 0.1) is 0 Å². The molecule has 0 unspecified atom stereocenters. The molecule has 36 heavy (non-hydrogen) atoms. The minimum atomic E-state index is -1.48. The van der Waals surface area contributed by atoms with E-state index in [1.807, 2.05) is 0 Å². The second-order valence-corrected chi connectivity index (χ2v) is 7.88. The number of H-pyrrole nitrogens is 2. The molecule has 16 heteroatoms. The van der Waals surface area contributed by atoms with Crippen molar-refractivity contribution in [3.05, 3.63) is 36.4 Å². The van der Waals surface area contributed by atoms with Crippen molar-refractivity contribution in [1.82, 2.24) is 35.9 Å². The van der Waals surface area contributed by atoms with Crippen molar-refractivity contribution in [1.29, 1.82) is 0 Å². The number of hydrogen-bond acceptors (Lipinski definition) is 9. The Bertz CT molecular complexity index is 1030. The van der Waals surface area contributed by atoms with E-state index in [9.17, 15) is 34.2 Å². The first-order valence-electron chi connectivity index (χ1n) is 10.8. The van der Waals surface area contributed by atoms with Gasteiger partial charge in [0.1, 0.15) is 18.1 Å². The van der Waals surface area contributed by atoms with Gasteiger partial charge in [-0.25, -0.2) is 14.8 Å². The molecule has 0 saturated heterocycles. The van der Waals surface area contributed by atoms with Crippen LogP contribution < -0.4 is 27.4 Å². The third kappa shape index (κ3) is 8.80. The number of aliphatic hydroxyl groups excluding tert-OH is 1. The van der Waals surface area contributed by atoms with Crippen molar-refractivity contribution in [2.45, 2.75) is 49.9 Å². The summed E-state index contributed by atoms with van der Waals surface area (Å²) in [6, 6.07) is -5.27. The van der Waals surface area contributed by atoms with Crippen LogP contribution in [-0.2, 0) is 36.8 Å². The SMILES string of the molecule is NC(=O)CC[C@H](N)C(=O)N[C@@H](CO)C(=O)N[C@@H](Cc1cnc[nH]1)C(=O)N[C@@H](Cc1cnc[nH]1)C(=O)O. The van der Waals surface area contributed by atoms with Gasteiger partial charge in [-0.2, -0.15) is 0 Å². The molecule has 11 N–H and O–H groups in total. The normalized spacial score (nSPS) is 14.2. The first kappa shape index (κ1) is 27.9. The number of hydrogen-bond donors (Lipinski definition) is 9. The lowest BCUT2D eigenvalue weighted by Crippen LogP contribution is -2.58. The molecule has 4 atom stereocenters. The molecule has 2 rings (SSSR count). The summed E-state index contributed by atoms with van der Waals surface area (Å²) in [7, 11) is 0. The molecule has 0 radical (unpaired) electrons. The lowest BCUT2D eigenvalue weighted by Gasteiger charge is -2.24. The van der Waals surface area contributed by atoms with Gasteiger partial charge >= 0.3 is 5.97 Å². The number of nitrogens with two attached hydrogens (primary N) is 2. The second-order valence-electron chi connectivity index (χ2n) is 7.88. The van der Waals surface area contributed by atoms with Crippen molar-refractivity contribution in [2.75, 3.05) is 6.61 Å². The van der Waals surface area contributed by atoms with E-state index in [1.165, 1.54) is 25.0 Å². The van der Waals surface area contributed by atoms with E-state index >= 15 is 0 Å². The maximum Gasteiger partial charge on any atom is 0.326 e. The van der Waals surface area contributed by atoms with Crippen LogP contribution in [0.1, 0.15) is 24.2 Å². The van der Waals surface area contributed by atoms with E-state index in [1.54, 1.807) is 0 Å². The van der Waals surface area contributed by atoms with Crippen LogP contribution in [0.3, 0.4) is 0 Å². The van der Waals surface area contributed by atoms with Crippen LogP contribution in [0.2, 0.25) is 0 Å². The van der Waals surface area contributed by atoms with Crippen molar-refractivity contribution in [2.24, 2.45) is 11.5 Å². The van der Waals surface area contributed by atoms with Gasteiger partial charge < -0.3 is 47.6 Å². The number of carbonyl (C=O) groups is 5. The quantitative estimate of drug-likeness (QED) is 0.113. The first-order chi connectivity index (χ1) is 17.1. The zero-order valence-corrected chi connectivity index (χ0v) is 19.1. The fourth-order valence-electron chi connectivity index (χ4n) is 3.09. The smallest absolute Gasteiger partial charge is 0.326 e. The topological polar surface area (TPSA) is 271 Å². The highest BCUT2D eigenvalue weighted by atomic mass is 16.4. The summed E-state index contributed by atoms with van der Waals surface area (Å²) in [5.74, 6) is -4.53. The fraction of sp³-hybridized carbons (Fsp3) is 0.450. The molecule has 0 saturated carbocycles. The predicted molar refractivity (Wildman–Crippen MR) is 122 cm³/mol. The number of carbonyl (C=O) groups excluding carboxylic acids is 4. The molecule has 196 valence electrons. The van der Waals surface area contributed by atoms with Crippen LogP contribution in [-0.4, -0.2) is 90.5 Å². The van der Waals surface area contributed by atoms with Crippen LogP contribution in [0.5, 0.6) is 0 Å². The Labute approximate surface area is 204 Å². The molecule has 0 aliphatic rings. The van der Waals surface area contributed by atoms with Gasteiger partial charge in [-0.15, -0.1) is 0 Å². The predicted octanol–water partition coefficient (Wildman–Crippen LogP) is -3.96. The molecule has 0 aliphatic heterocycles. The summed E-state index contributed by atoms with van der Waals surface area (Å²) in [4.78, 5) is 73.7. The molecule has 2 heterocycles. The van der Waals surface area contributed by atoms with Crippen molar-refractivity contribution in [3.8, 4) is 0 Å². The zero-order chi connectivity index (χ0) is 26.7. The number of carboxylic acids is 1. The van der Waals surface area contributed by atoms with E-state index in [0.29, 0.717) is 11.4 Å². The number of imidazole rings is 2. The standard InChI is InChI=1S/C20H29N9O7/c21-12(1-2-16(22)31)17(32)29-15(7-30)19(34)27-13(3-10-5-23-8-25-10)18(33)28-14(20(35)36)4-11-6-24-9-26-11/h5-6,8-9,12-15,30H,1-4,7,21H2,(H2,22,31)(H,23,25)(H,24,26)(H,27,34)(H,28,33)(H,29,32)(H,35,36)/t12-,13-,14-,15-/m0/s1. The number of amides is 4. The number of primary amides is 1. The molecular weight excluding hydrogens is 478 g/mol. The van der Waals surface area contributed by atoms with E-state index in [0.717, 1.165) is 0 Å². The Morgan fingerprint density at radius 3 is 1.83 bits per heavy atom. The minimum Gasteiger partial charge on any atom is -0.480 e. The molecule has 0 bridgehead atoms. The number of rotatable bonds is 15. The highest BCUT2D eigenvalue weighted by Crippen LogP contribution is 2.04. The summed E-state index contributed by atoms with van der Waals surface area (Å²) < 4.78 is 0. The third-order valence-electron chi connectivity index (χ3n) is 5.06. The number of aliphatic carboxylic acids is 1. The average molecular weight is 508 g/mol. The lowest BCUT2D eigenvalue weighted by atomic mass is 10.1. The molecule has 2 aromatic rings. The van der Waals surface area contributed by atoms with Gasteiger partial charge in [-0.1, -0.05) is 0 Å². The van der Waals surface area contributed by atoms with Gasteiger partial charge in [0, 0.05) is 43.0 Å². The van der Waals surface area contributed by atoms with Crippen molar-refractivity contribution in [3.63, 3.8) is 0 Å². The number of nitrogens with zero attached hydrogens (tertiary/aromatic N) is 2. The van der Waals surface area contributed by atoms with Gasteiger partial charge in [0.2, 0.25) is 23.6 Å². The molecule has 0 aliphatic carbocycles. The Morgan fingerprint density at radius 2 is 1.36 bits per heavy atom. The monoisotopic (exact) mass is 507 g/mol. The number of aromatic nitrogens is 4. The van der Waals surface area contributed by atoms with Gasteiger partial charge in [-0.3, -0.25) is 19.2 Å². The summed E-state index contributed by atoms with van der Waals surface area (Å²) in [6.45, 7) is -0.823. The Morgan fingerprint density at radius 1 is 0.861 bits per heavy atom. The van der Waals surface area contributed by atoms with E-state index < -0.39 is 60.4 Å². The van der Waals surface area contributed by atoms with Crippen molar-refractivity contribution >= 4 is 29.6 Å². The summed E-state index contributed by atoms with van der Waals surface area (Å²) in [5, 5.41) is 26.2. The largest absolute Gasteiger partial charge is 0.480 e. The van der Waals surface area contributed by atoms with Gasteiger partial charge in [0.25, 0.3) is 0 Å². The molecule has 0 aromatic carbocycles. The van der Waals surface area contributed by atoms with Gasteiger partial charge in [0.05, 0.1) is 25.3 Å². The van der Waals surface area contributed by atoms with Crippen LogP contribution in [0.4, 0.5) is 0 Å². The second kappa shape index (κ2) is 13.5. The molecular formula is C20H29N9O7. The Balaban J connectivity index is 2.10. The summed E-state index contributed by atoms with van der Waals surface area (Å²) in [5.41, 5.74) is 11.6. The highest BCUT2D eigenvalue weighted by molar-refractivity contribution is 5.94. The van der Waals surface area contributed by atoms with E-state index in [2.05, 4.69) is 35.9 Å². The maximum absolute atomic E-state index is 13.0. The number of carboxylic acid groups (broad SMARTS) is 1. The fourth-order valence-corrected chi connectivity index (χ4v) is 3.09. The summed E-state index contributed by atoms with van der Waals surface area (Å²) >= 11 is 0. The molecule has 0 fully saturated rings.